The molecule has 0 atom stereocenters. The van der Waals surface area contributed by atoms with Crippen molar-refractivity contribution in [1.29, 1.82) is 0 Å². The maximum absolute atomic E-state index is 4.71. The monoisotopic (exact) mass is 271 g/mol. The van der Waals surface area contributed by atoms with Crippen molar-refractivity contribution in [3.63, 3.8) is 0 Å². The van der Waals surface area contributed by atoms with Crippen LogP contribution in [0.1, 0.15) is 41.5 Å². The van der Waals surface area contributed by atoms with Crippen LogP contribution in [-0.4, -0.2) is 4.32 Å². The molecule has 0 aromatic heterocycles. The Kier molecular flexibility index (Phi) is 7.98. The van der Waals surface area contributed by atoms with E-state index in [0.29, 0.717) is 8.02 Å². The van der Waals surface area contributed by atoms with Gasteiger partial charge in [0.05, 0.1) is 0 Å². The molecule has 0 fully saturated rings. The normalized spacial score (nSPS) is 11.0. The van der Waals surface area contributed by atoms with Crippen molar-refractivity contribution in [2.75, 3.05) is 0 Å². The van der Waals surface area contributed by atoms with Gasteiger partial charge in [0, 0.05) is 0 Å². The summed E-state index contributed by atoms with van der Waals surface area (Å²) in [6, 6.07) is 0. The molecule has 0 spiro atoms. The van der Waals surface area contributed by atoms with Gasteiger partial charge in [0.2, 0.25) is 0 Å². The van der Waals surface area contributed by atoms with Crippen molar-refractivity contribution in [1.82, 2.24) is 0 Å². The summed E-state index contributed by atoms with van der Waals surface area (Å²) in [5, 5.41) is 0. The minimum atomic E-state index is -0.333. The summed E-state index contributed by atoms with van der Waals surface area (Å²) in [5.41, 5.74) is 4.71. The molecule has 0 aromatic carbocycles. The van der Waals surface area contributed by atoms with Gasteiger partial charge in [-0.2, -0.15) is 0 Å². The van der Waals surface area contributed by atoms with Crippen LogP contribution < -0.4 is 5.73 Å². The summed E-state index contributed by atoms with van der Waals surface area (Å²) in [4.78, 5) is 0. The Balaban J connectivity index is 0. The molecule has 0 bridgehead atoms. The predicted octanol–water partition coefficient (Wildman–Crippen LogP) is 3.67. The number of hydrogen-bond donors (Lipinski definition) is 2. The van der Waals surface area contributed by atoms with Gasteiger partial charge in [-0.1, -0.05) is 12.2 Å². The number of thiol groups is 1. The average Bonchev–Trinajstić information content (AvgIpc) is 1.47. The van der Waals surface area contributed by atoms with Crippen molar-refractivity contribution in [3.8, 4) is 0 Å². The predicted molar refractivity (Wildman–Crippen MR) is 65.2 cm³/mol. The molecule has 0 unspecified atom stereocenters. The summed E-state index contributed by atoms with van der Waals surface area (Å²) in [7, 11) is 0. The van der Waals surface area contributed by atoms with Gasteiger partial charge in [-0.3, -0.25) is 0 Å². The van der Waals surface area contributed by atoms with Gasteiger partial charge in [-0.05, 0) is 0 Å². The summed E-state index contributed by atoms with van der Waals surface area (Å²) >= 11 is 7.32. The third-order valence-corrected chi connectivity index (χ3v) is 5.51. The molecule has 4 heteroatoms. The summed E-state index contributed by atoms with van der Waals surface area (Å²) in [5.74, 6) is 0. The molecule has 0 aliphatic heterocycles. The molecule has 0 aromatic rings. The third kappa shape index (κ3) is 32.2. The van der Waals surface area contributed by atoms with E-state index in [9.17, 15) is 0 Å². The van der Waals surface area contributed by atoms with E-state index in [0.717, 1.165) is 0 Å². The average molecular weight is 273 g/mol. The van der Waals surface area contributed by atoms with Gasteiger partial charge in [0.1, 0.15) is 4.32 Å². The van der Waals surface area contributed by atoms with Crippen LogP contribution in [0.2, 0.25) is 8.02 Å². The Labute approximate surface area is 101 Å². The molecule has 0 aliphatic carbocycles. The van der Waals surface area contributed by atoms with Crippen LogP contribution in [0.3, 0.4) is 0 Å². The maximum atomic E-state index is 4.71. The molecule has 0 aliphatic rings. The van der Waals surface area contributed by atoms with Gasteiger partial charge in [0.25, 0.3) is 0 Å². The molecule has 0 saturated carbocycles. The van der Waals surface area contributed by atoms with Crippen LogP contribution in [0, 0.1) is 0 Å². The Morgan fingerprint density at radius 1 is 1.08 bits per heavy atom. The minimum Gasteiger partial charge on any atom is -0.385 e. The number of nitrogens with two attached hydrogens (primary N) is 1. The van der Waals surface area contributed by atoms with Crippen LogP contribution in [-0.2, 0) is 17.1 Å². The van der Waals surface area contributed by atoms with Gasteiger partial charge in [0.15, 0.2) is 0 Å². The number of hydrogen-bond acceptors (Lipinski definition) is 1. The molecule has 0 saturated heterocycles. The van der Waals surface area contributed by atoms with Gasteiger partial charge < -0.3 is 5.73 Å². The second kappa shape index (κ2) is 6.37. The van der Waals surface area contributed by atoms with E-state index in [1.807, 2.05) is 0 Å². The van der Waals surface area contributed by atoms with Crippen LogP contribution >= 0.6 is 24.8 Å². The Morgan fingerprint density at radius 3 is 1.23 bits per heavy atom. The second-order valence-electron chi connectivity index (χ2n) is 5.64. The summed E-state index contributed by atoms with van der Waals surface area (Å²) in [6.07, 6.45) is 0. The fraction of sp³-hybridized carbons (Fsp3) is 0.889. The summed E-state index contributed by atoms with van der Waals surface area (Å²) < 4.78 is 1.54. The molecule has 2 N–H and O–H groups in total. The van der Waals surface area contributed by atoms with Crippen molar-refractivity contribution in [2.24, 2.45) is 5.73 Å². The quantitative estimate of drug-likeness (QED) is 0.400. The maximum Gasteiger partial charge on any atom is 0.128 e. The zero-order chi connectivity index (χ0) is 11.3. The van der Waals surface area contributed by atoms with Gasteiger partial charge in [-0.15, -0.1) is 12.6 Å². The molecular weight excluding hydrogens is 252 g/mol. The third-order valence-electron chi connectivity index (χ3n) is 1.06. The van der Waals surface area contributed by atoms with Gasteiger partial charge in [-0.25, -0.2) is 0 Å². The van der Waals surface area contributed by atoms with Crippen molar-refractivity contribution in [3.05, 3.63) is 0 Å². The number of thiocarbonyl (C=S) groups is 1. The molecular formula is C9H21NS2Zn. The largest absolute Gasteiger partial charge is 0.385 e. The van der Waals surface area contributed by atoms with Crippen molar-refractivity contribution >= 4 is 29.2 Å². The molecule has 0 amide bonds. The first-order valence-electron chi connectivity index (χ1n) is 4.42. The smallest absolute Gasteiger partial charge is 0.128 e. The first-order valence-corrected chi connectivity index (χ1v) is 8.25. The standard InChI is InChI=1S/2C4H9.CH3NS2.Zn/c2*1-4(2)3;2-1(3)4;/h2*1-3H3;(H3,2,3,4);. The fourth-order valence-electron chi connectivity index (χ4n) is 1.59. The molecule has 13 heavy (non-hydrogen) atoms. The van der Waals surface area contributed by atoms with E-state index in [-0.39, 0.29) is 21.4 Å². The fourth-order valence-corrected chi connectivity index (χ4v) is 8.27. The SMILES string of the molecule is C[C](C)(C)[Zn][C](C)(C)C.NC(=S)S. The summed E-state index contributed by atoms with van der Waals surface area (Å²) in [6.45, 7) is 14.2. The van der Waals surface area contributed by atoms with E-state index in [1.165, 1.54) is 0 Å². The Bertz CT molecular complexity index is 140. The van der Waals surface area contributed by atoms with Gasteiger partial charge >= 0.3 is 66.7 Å². The molecule has 0 rings (SSSR count). The van der Waals surface area contributed by atoms with Crippen molar-refractivity contribution < 1.29 is 17.1 Å². The number of rotatable bonds is 0. The van der Waals surface area contributed by atoms with E-state index in [1.54, 1.807) is 0 Å². The van der Waals surface area contributed by atoms with Crippen molar-refractivity contribution in [2.45, 2.75) is 49.6 Å². The molecule has 0 radical (unpaired) electrons. The first kappa shape index (κ1) is 16.3. The topological polar surface area (TPSA) is 26.0 Å². The van der Waals surface area contributed by atoms with Crippen LogP contribution in [0.5, 0.6) is 0 Å². The van der Waals surface area contributed by atoms with Crippen LogP contribution in [0.15, 0.2) is 0 Å². The molecule has 76 valence electrons. The zero-order valence-electron chi connectivity index (χ0n) is 9.64. The van der Waals surface area contributed by atoms with Crippen LogP contribution in [0.25, 0.3) is 0 Å². The van der Waals surface area contributed by atoms with E-state index in [4.69, 9.17) is 5.73 Å². The first-order chi connectivity index (χ1) is 5.44. The Hall–Kier alpha value is 0.863. The second-order valence-corrected chi connectivity index (χ2v) is 16.5. The minimum absolute atomic E-state index is 0.194. The van der Waals surface area contributed by atoms with E-state index in [2.05, 4.69) is 66.4 Å². The molecule has 0 heterocycles. The van der Waals surface area contributed by atoms with E-state index >= 15 is 0 Å². The Morgan fingerprint density at radius 2 is 1.23 bits per heavy atom. The molecule has 1 nitrogen and oxygen atoms in total. The zero-order valence-corrected chi connectivity index (χ0v) is 14.3. The van der Waals surface area contributed by atoms with E-state index < -0.39 is 0 Å². The van der Waals surface area contributed by atoms with Crippen LogP contribution in [0.4, 0.5) is 0 Å².